The van der Waals surface area contributed by atoms with Gasteiger partial charge in [-0.3, -0.25) is 4.79 Å². The summed E-state index contributed by atoms with van der Waals surface area (Å²) in [6.07, 6.45) is 5.41. The van der Waals surface area contributed by atoms with Crippen LogP contribution in [0, 0.1) is 5.92 Å². The molecular formula is C16H29NO3S. The maximum absolute atomic E-state index is 11.7. The Morgan fingerprint density at radius 2 is 2.05 bits per heavy atom. The van der Waals surface area contributed by atoms with E-state index in [-0.39, 0.29) is 11.9 Å². The summed E-state index contributed by atoms with van der Waals surface area (Å²) in [5.41, 5.74) is -0.650. The molecule has 21 heavy (non-hydrogen) atoms. The highest BCUT2D eigenvalue weighted by Gasteiger charge is 2.37. The fourth-order valence-electron chi connectivity index (χ4n) is 3.36. The second kappa shape index (κ2) is 7.34. The molecular weight excluding hydrogens is 286 g/mol. The Balaban J connectivity index is 1.70. The van der Waals surface area contributed by atoms with Crippen molar-refractivity contribution in [2.75, 3.05) is 25.4 Å². The highest BCUT2D eigenvalue weighted by Crippen LogP contribution is 2.37. The van der Waals surface area contributed by atoms with E-state index in [4.69, 9.17) is 4.74 Å². The molecule has 2 aliphatic rings. The van der Waals surface area contributed by atoms with Crippen LogP contribution in [0.4, 0.5) is 0 Å². The number of ether oxygens (including phenoxy) is 1. The van der Waals surface area contributed by atoms with Crippen LogP contribution in [0.1, 0.15) is 52.4 Å². The third kappa shape index (κ3) is 4.86. The fraction of sp³-hybridized carbons (Fsp3) is 0.938. The maximum atomic E-state index is 11.7. The first kappa shape index (κ1) is 17.1. The lowest BCUT2D eigenvalue weighted by molar-refractivity contribution is -0.151. The average Bonchev–Trinajstić information content (AvgIpc) is 2.86. The van der Waals surface area contributed by atoms with Gasteiger partial charge in [-0.15, -0.1) is 0 Å². The van der Waals surface area contributed by atoms with Gasteiger partial charge < -0.3 is 15.2 Å². The lowest BCUT2D eigenvalue weighted by Gasteiger charge is -2.36. The zero-order chi connectivity index (χ0) is 15.3. The minimum atomic E-state index is -0.650. The molecule has 1 saturated carbocycles. The van der Waals surface area contributed by atoms with E-state index in [0.29, 0.717) is 30.7 Å². The van der Waals surface area contributed by atoms with Crippen LogP contribution >= 0.6 is 11.8 Å². The molecule has 1 atom stereocenters. The molecule has 5 heteroatoms. The average molecular weight is 315 g/mol. The second-order valence-electron chi connectivity index (χ2n) is 6.76. The van der Waals surface area contributed by atoms with Gasteiger partial charge in [-0.25, -0.2) is 0 Å². The third-order valence-electron chi connectivity index (χ3n) is 4.79. The van der Waals surface area contributed by atoms with E-state index in [2.05, 4.69) is 12.2 Å². The van der Waals surface area contributed by atoms with Gasteiger partial charge in [0.05, 0.1) is 18.1 Å². The standard InChI is InChI=1S/C16H29NO3S/c1-3-20-14(18)13-5-8-16(19,9-6-13)12-17-11-15(2)7-4-10-21-15/h13,17,19H,3-12H2,1-2H3. The molecule has 0 radical (unpaired) electrons. The largest absolute Gasteiger partial charge is 0.466 e. The highest BCUT2D eigenvalue weighted by atomic mass is 32.2. The minimum absolute atomic E-state index is 0.0202. The molecule has 0 aromatic rings. The molecule has 0 aromatic heterocycles. The molecule has 0 bridgehead atoms. The Bertz CT molecular complexity index is 347. The summed E-state index contributed by atoms with van der Waals surface area (Å²) in [6.45, 7) is 6.18. The maximum Gasteiger partial charge on any atom is 0.308 e. The van der Waals surface area contributed by atoms with E-state index in [1.54, 1.807) is 0 Å². The summed E-state index contributed by atoms with van der Waals surface area (Å²) in [6, 6.07) is 0. The Kier molecular flexibility index (Phi) is 5.97. The van der Waals surface area contributed by atoms with Crippen molar-refractivity contribution in [2.45, 2.75) is 62.7 Å². The quantitative estimate of drug-likeness (QED) is 0.737. The number of rotatable bonds is 6. The van der Waals surface area contributed by atoms with Crippen LogP contribution in [-0.2, 0) is 9.53 Å². The number of hydrogen-bond acceptors (Lipinski definition) is 5. The molecule has 2 fully saturated rings. The van der Waals surface area contributed by atoms with Crippen molar-refractivity contribution in [3.63, 3.8) is 0 Å². The van der Waals surface area contributed by atoms with Crippen LogP contribution in [0.5, 0.6) is 0 Å². The van der Waals surface area contributed by atoms with Crippen molar-refractivity contribution in [1.82, 2.24) is 5.32 Å². The molecule has 0 amide bonds. The van der Waals surface area contributed by atoms with Crippen molar-refractivity contribution < 1.29 is 14.6 Å². The molecule has 2 rings (SSSR count). The predicted molar refractivity (Wildman–Crippen MR) is 86.5 cm³/mol. The Labute approximate surface area is 132 Å². The van der Waals surface area contributed by atoms with Gasteiger partial charge in [-0.2, -0.15) is 11.8 Å². The van der Waals surface area contributed by atoms with Gasteiger partial charge in [-0.05, 0) is 58.1 Å². The van der Waals surface area contributed by atoms with Gasteiger partial charge in [0.25, 0.3) is 0 Å². The van der Waals surface area contributed by atoms with Gasteiger partial charge in [0, 0.05) is 17.8 Å². The summed E-state index contributed by atoms with van der Waals surface area (Å²) < 4.78 is 5.40. The van der Waals surface area contributed by atoms with Crippen molar-refractivity contribution in [1.29, 1.82) is 0 Å². The Hall–Kier alpha value is -0.260. The molecule has 2 N–H and O–H groups in total. The lowest BCUT2D eigenvalue weighted by atomic mass is 9.78. The zero-order valence-corrected chi connectivity index (χ0v) is 14.1. The molecule has 1 aliphatic carbocycles. The van der Waals surface area contributed by atoms with Crippen LogP contribution in [0.2, 0.25) is 0 Å². The van der Waals surface area contributed by atoms with E-state index in [0.717, 1.165) is 19.4 Å². The van der Waals surface area contributed by atoms with E-state index in [1.807, 2.05) is 18.7 Å². The number of thioether (sulfide) groups is 1. The zero-order valence-electron chi connectivity index (χ0n) is 13.3. The summed E-state index contributed by atoms with van der Waals surface area (Å²) in [5.74, 6) is 1.14. The molecule has 4 nitrogen and oxygen atoms in total. The third-order valence-corrected chi connectivity index (χ3v) is 6.33. The Morgan fingerprint density at radius 1 is 1.33 bits per heavy atom. The van der Waals surface area contributed by atoms with E-state index < -0.39 is 5.60 Å². The van der Waals surface area contributed by atoms with Crippen LogP contribution in [0.3, 0.4) is 0 Å². The van der Waals surface area contributed by atoms with Crippen molar-refractivity contribution in [3.8, 4) is 0 Å². The first-order valence-electron chi connectivity index (χ1n) is 8.20. The molecule has 0 spiro atoms. The van der Waals surface area contributed by atoms with Gasteiger partial charge in [0.2, 0.25) is 0 Å². The van der Waals surface area contributed by atoms with Crippen LogP contribution in [0.15, 0.2) is 0 Å². The number of nitrogens with one attached hydrogen (secondary N) is 1. The smallest absolute Gasteiger partial charge is 0.308 e. The van der Waals surface area contributed by atoms with Crippen LogP contribution in [0.25, 0.3) is 0 Å². The molecule has 1 unspecified atom stereocenters. The molecule has 1 aliphatic heterocycles. The van der Waals surface area contributed by atoms with Crippen LogP contribution < -0.4 is 5.32 Å². The lowest BCUT2D eigenvalue weighted by Crippen LogP contribution is -2.47. The van der Waals surface area contributed by atoms with E-state index in [9.17, 15) is 9.90 Å². The summed E-state index contributed by atoms with van der Waals surface area (Å²) in [5, 5.41) is 14.1. The first-order chi connectivity index (χ1) is 9.96. The molecule has 0 aromatic carbocycles. The number of esters is 1. The number of aliphatic hydroxyl groups is 1. The van der Waals surface area contributed by atoms with E-state index >= 15 is 0 Å². The first-order valence-corrected chi connectivity index (χ1v) is 9.19. The summed E-state index contributed by atoms with van der Waals surface area (Å²) >= 11 is 2.03. The Morgan fingerprint density at radius 3 is 2.62 bits per heavy atom. The summed E-state index contributed by atoms with van der Waals surface area (Å²) in [7, 11) is 0. The van der Waals surface area contributed by atoms with Crippen molar-refractivity contribution in [3.05, 3.63) is 0 Å². The number of carbonyl (C=O) groups is 1. The SMILES string of the molecule is CCOC(=O)C1CCC(O)(CNCC2(C)CCCS2)CC1. The second-order valence-corrected chi connectivity index (χ2v) is 8.44. The topological polar surface area (TPSA) is 58.6 Å². The van der Waals surface area contributed by atoms with Crippen molar-refractivity contribution in [2.24, 2.45) is 5.92 Å². The van der Waals surface area contributed by atoms with E-state index in [1.165, 1.54) is 18.6 Å². The normalized spacial score (nSPS) is 36.6. The van der Waals surface area contributed by atoms with Gasteiger partial charge in [0.15, 0.2) is 0 Å². The molecule has 122 valence electrons. The predicted octanol–water partition coefficient (Wildman–Crippen LogP) is 2.35. The molecule has 1 saturated heterocycles. The van der Waals surface area contributed by atoms with Crippen LogP contribution in [-0.4, -0.2) is 46.9 Å². The summed E-state index contributed by atoms with van der Waals surface area (Å²) in [4.78, 5) is 11.7. The number of hydrogen-bond donors (Lipinski definition) is 2. The van der Waals surface area contributed by atoms with Gasteiger partial charge in [-0.1, -0.05) is 0 Å². The number of carbonyl (C=O) groups excluding carboxylic acids is 1. The monoisotopic (exact) mass is 315 g/mol. The minimum Gasteiger partial charge on any atom is -0.466 e. The van der Waals surface area contributed by atoms with Gasteiger partial charge in [0.1, 0.15) is 0 Å². The van der Waals surface area contributed by atoms with Crippen molar-refractivity contribution >= 4 is 17.7 Å². The molecule has 1 heterocycles. The van der Waals surface area contributed by atoms with Gasteiger partial charge >= 0.3 is 5.97 Å². The highest BCUT2D eigenvalue weighted by molar-refractivity contribution is 8.00. The fourth-order valence-corrected chi connectivity index (χ4v) is 4.64.